The molecule has 78 valence electrons. The molecule has 2 nitrogen and oxygen atoms in total. The number of ether oxygens (including phenoxy) is 1. The van der Waals surface area contributed by atoms with Gasteiger partial charge in [0.1, 0.15) is 11.6 Å². The van der Waals surface area contributed by atoms with Gasteiger partial charge in [0.15, 0.2) is 0 Å². The van der Waals surface area contributed by atoms with Gasteiger partial charge in [-0.2, -0.15) is 0 Å². The van der Waals surface area contributed by atoms with Gasteiger partial charge >= 0.3 is 0 Å². The van der Waals surface area contributed by atoms with Crippen molar-refractivity contribution in [2.75, 3.05) is 13.8 Å². The molecular formula is C10H13F2NO. The number of hydrogen-bond donors (Lipinski definition) is 1. The average molecular weight is 201 g/mol. The summed E-state index contributed by atoms with van der Waals surface area (Å²) in [4.78, 5) is 0. The van der Waals surface area contributed by atoms with E-state index in [1.807, 2.05) is 0 Å². The van der Waals surface area contributed by atoms with Crippen molar-refractivity contribution < 1.29 is 13.5 Å². The van der Waals surface area contributed by atoms with E-state index >= 15 is 0 Å². The summed E-state index contributed by atoms with van der Waals surface area (Å²) >= 11 is 0. The van der Waals surface area contributed by atoms with Crippen LogP contribution in [0.3, 0.4) is 0 Å². The van der Waals surface area contributed by atoms with Crippen molar-refractivity contribution in [2.45, 2.75) is 12.5 Å². The molecule has 0 fully saturated rings. The maximum atomic E-state index is 13.3. The molecule has 0 amide bonds. The van der Waals surface area contributed by atoms with Crippen LogP contribution in [0.1, 0.15) is 18.0 Å². The predicted octanol–water partition coefficient (Wildman–Crippen LogP) is 2.19. The van der Waals surface area contributed by atoms with Crippen LogP contribution in [0.2, 0.25) is 0 Å². The number of benzene rings is 1. The van der Waals surface area contributed by atoms with Crippen molar-refractivity contribution in [3.8, 4) is 5.75 Å². The summed E-state index contributed by atoms with van der Waals surface area (Å²) in [6.07, 6.45) is 0.128. The molecule has 14 heavy (non-hydrogen) atoms. The van der Waals surface area contributed by atoms with Gasteiger partial charge in [0.05, 0.1) is 13.8 Å². The van der Waals surface area contributed by atoms with E-state index in [1.54, 1.807) is 6.07 Å². The molecule has 1 aromatic carbocycles. The van der Waals surface area contributed by atoms with Crippen LogP contribution in [0.15, 0.2) is 18.2 Å². The predicted molar refractivity (Wildman–Crippen MR) is 50.5 cm³/mol. The number of methoxy groups -OCH3 is 1. The van der Waals surface area contributed by atoms with Crippen LogP contribution in [0.4, 0.5) is 8.78 Å². The Bertz CT molecular complexity index is 304. The molecule has 0 bridgehead atoms. The third kappa shape index (κ3) is 2.42. The zero-order chi connectivity index (χ0) is 10.6. The van der Waals surface area contributed by atoms with Gasteiger partial charge in [-0.3, -0.25) is 4.39 Å². The molecular weight excluding hydrogens is 188 g/mol. The van der Waals surface area contributed by atoms with Crippen LogP contribution in [0.25, 0.3) is 0 Å². The molecule has 0 saturated heterocycles. The number of nitrogens with two attached hydrogens (primary N) is 1. The number of rotatable bonds is 4. The molecule has 2 N–H and O–H groups in total. The summed E-state index contributed by atoms with van der Waals surface area (Å²) in [5, 5.41) is 0. The van der Waals surface area contributed by atoms with Gasteiger partial charge in [-0.15, -0.1) is 0 Å². The molecule has 1 atom stereocenters. The molecule has 0 aromatic heterocycles. The smallest absolute Gasteiger partial charge is 0.131 e. The highest BCUT2D eigenvalue weighted by Gasteiger charge is 2.11. The number of hydrogen-bond acceptors (Lipinski definition) is 2. The summed E-state index contributed by atoms with van der Waals surface area (Å²) in [5.41, 5.74) is 5.90. The first-order chi connectivity index (χ1) is 6.69. The fourth-order valence-electron chi connectivity index (χ4n) is 1.21. The van der Waals surface area contributed by atoms with Crippen molar-refractivity contribution in [2.24, 2.45) is 5.73 Å². The Kier molecular flexibility index (Phi) is 3.83. The van der Waals surface area contributed by atoms with E-state index in [0.717, 1.165) is 0 Å². The summed E-state index contributed by atoms with van der Waals surface area (Å²) < 4.78 is 30.1. The fraction of sp³-hybridized carbons (Fsp3) is 0.400. The molecule has 0 radical (unpaired) electrons. The summed E-state index contributed by atoms with van der Waals surface area (Å²) in [6.45, 7) is -0.549. The number of halogens is 2. The van der Waals surface area contributed by atoms with Crippen LogP contribution in [-0.4, -0.2) is 13.8 Å². The summed E-state index contributed by atoms with van der Waals surface area (Å²) in [6, 6.07) is 3.78. The minimum atomic E-state index is -0.592. The molecule has 1 aromatic rings. The number of alkyl halides is 1. The highest BCUT2D eigenvalue weighted by Crippen LogP contribution is 2.22. The summed E-state index contributed by atoms with van der Waals surface area (Å²) in [7, 11) is 1.45. The molecule has 4 heteroatoms. The molecule has 0 saturated carbocycles. The minimum absolute atomic E-state index is 0.128. The van der Waals surface area contributed by atoms with E-state index in [4.69, 9.17) is 10.5 Å². The highest BCUT2D eigenvalue weighted by atomic mass is 19.1. The second-order valence-electron chi connectivity index (χ2n) is 2.97. The molecule has 0 aliphatic carbocycles. The lowest BCUT2D eigenvalue weighted by molar-refractivity contribution is 0.408. The molecule has 0 spiro atoms. The highest BCUT2D eigenvalue weighted by molar-refractivity contribution is 5.30. The van der Waals surface area contributed by atoms with Crippen LogP contribution in [-0.2, 0) is 0 Å². The third-order valence-electron chi connectivity index (χ3n) is 2.03. The van der Waals surface area contributed by atoms with Gasteiger partial charge in [0.2, 0.25) is 0 Å². The van der Waals surface area contributed by atoms with E-state index in [1.165, 1.54) is 19.2 Å². The van der Waals surface area contributed by atoms with Gasteiger partial charge in [-0.1, -0.05) is 6.07 Å². The first kappa shape index (κ1) is 10.9. The SMILES string of the molecule is COc1ccc([C@@H](N)CCF)c(F)c1. The van der Waals surface area contributed by atoms with Crippen molar-refractivity contribution in [1.82, 2.24) is 0 Å². The standard InChI is InChI=1S/C10H13F2NO/c1-14-7-2-3-8(9(12)6-7)10(13)4-5-11/h2-3,6,10H,4-5,13H2,1H3/t10-/m0/s1. The summed E-state index contributed by atoms with van der Waals surface area (Å²) in [5.74, 6) is -0.0241. The zero-order valence-corrected chi connectivity index (χ0v) is 7.97. The van der Waals surface area contributed by atoms with Crippen LogP contribution < -0.4 is 10.5 Å². The first-order valence-electron chi connectivity index (χ1n) is 4.34. The maximum absolute atomic E-state index is 13.3. The monoisotopic (exact) mass is 201 g/mol. The van der Waals surface area contributed by atoms with Crippen LogP contribution in [0.5, 0.6) is 5.75 Å². The van der Waals surface area contributed by atoms with Crippen molar-refractivity contribution in [1.29, 1.82) is 0 Å². The normalized spacial score (nSPS) is 12.6. The van der Waals surface area contributed by atoms with Crippen molar-refractivity contribution >= 4 is 0 Å². The maximum Gasteiger partial charge on any atom is 0.131 e. The zero-order valence-electron chi connectivity index (χ0n) is 7.97. The van der Waals surface area contributed by atoms with E-state index in [2.05, 4.69) is 0 Å². The van der Waals surface area contributed by atoms with Crippen molar-refractivity contribution in [3.63, 3.8) is 0 Å². The largest absolute Gasteiger partial charge is 0.497 e. The van der Waals surface area contributed by atoms with E-state index in [-0.39, 0.29) is 6.42 Å². The third-order valence-corrected chi connectivity index (χ3v) is 2.03. The van der Waals surface area contributed by atoms with Crippen molar-refractivity contribution in [3.05, 3.63) is 29.6 Å². The Balaban J connectivity index is 2.88. The van der Waals surface area contributed by atoms with Gasteiger partial charge in [0, 0.05) is 17.7 Å². The van der Waals surface area contributed by atoms with Gasteiger partial charge in [-0.05, 0) is 12.5 Å². The Labute approximate surface area is 81.7 Å². The van der Waals surface area contributed by atoms with Gasteiger partial charge in [0.25, 0.3) is 0 Å². The lowest BCUT2D eigenvalue weighted by Crippen LogP contribution is -2.12. The fourth-order valence-corrected chi connectivity index (χ4v) is 1.21. The second kappa shape index (κ2) is 4.91. The molecule has 1 rings (SSSR count). The molecule has 0 unspecified atom stereocenters. The Hall–Kier alpha value is -1.16. The Morgan fingerprint density at radius 2 is 2.21 bits per heavy atom. The Morgan fingerprint density at radius 3 is 2.71 bits per heavy atom. The second-order valence-corrected chi connectivity index (χ2v) is 2.97. The minimum Gasteiger partial charge on any atom is -0.497 e. The van der Waals surface area contributed by atoms with Gasteiger partial charge in [-0.25, -0.2) is 4.39 Å². The van der Waals surface area contributed by atoms with E-state index in [9.17, 15) is 8.78 Å². The molecule has 0 aliphatic heterocycles. The Morgan fingerprint density at radius 1 is 1.50 bits per heavy atom. The lowest BCUT2D eigenvalue weighted by atomic mass is 10.0. The quantitative estimate of drug-likeness (QED) is 0.810. The molecule has 0 aliphatic rings. The molecule has 0 heterocycles. The van der Waals surface area contributed by atoms with E-state index in [0.29, 0.717) is 11.3 Å². The van der Waals surface area contributed by atoms with Gasteiger partial charge < -0.3 is 10.5 Å². The lowest BCUT2D eigenvalue weighted by Gasteiger charge is -2.11. The topological polar surface area (TPSA) is 35.2 Å². The van der Waals surface area contributed by atoms with E-state index < -0.39 is 18.5 Å². The average Bonchev–Trinajstić information content (AvgIpc) is 2.17. The van der Waals surface area contributed by atoms with Crippen LogP contribution >= 0.6 is 0 Å². The van der Waals surface area contributed by atoms with Crippen LogP contribution in [0, 0.1) is 5.82 Å². The first-order valence-corrected chi connectivity index (χ1v) is 4.34.